The SMILES string of the molecule is O=C(CCC1CCCCC1)NCc1nnc2ccccn12. The minimum Gasteiger partial charge on any atom is -0.349 e. The second-order valence-electron chi connectivity index (χ2n) is 5.86. The molecule has 5 nitrogen and oxygen atoms in total. The topological polar surface area (TPSA) is 59.3 Å². The molecule has 0 aromatic carbocycles. The lowest BCUT2D eigenvalue weighted by molar-refractivity contribution is -0.121. The van der Waals surface area contributed by atoms with E-state index in [0.717, 1.165) is 23.8 Å². The average Bonchev–Trinajstić information content (AvgIpc) is 2.95. The van der Waals surface area contributed by atoms with E-state index in [9.17, 15) is 4.79 Å². The number of aromatic nitrogens is 3. The fourth-order valence-corrected chi connectivity index (χ4v) is 3.09. The quantitative estimate of drug-likeness (QED) is 0.919. The molecule has 3 rings (SSSR count). The van der Waals surface area contributed by atoms with Crippen molar-refractivity contribution >= 4 is 11.6 Å². The zero-order valence-electron chi connectivity index (χ0n) is 12.3. The monoisotopic (exact) mass is 286 g/mol. The van der Waals surface area contributed by atoms with Crippen LogP contribution in [0.2, 0.25) is 0 Å². The minimum atomic E-state index is 0.119. The standard InChI is InChI=1S/C16H22N4O/c21-16(10-9-13-6-2-1-3-7-13)17-12-15-19-18-14-8-4-5-11-20(14)15/h4-5,8,11,13H,1-3,6-7,9-10,12H2,(H,17,21). The van der Waals surface area contributed by atoms with Gasteiger partial charge in [0.05, 0.1) is 6.54 Å². The molecular formula is C16H22N4O. The smallest absolute Gasteiger partial charge is 0.220 e. The summed E-state index contributed by atoms with van der Waals surface area (Å²) in [7, 11) is 0. The van der Waals surface area contributed by atoms with Gasteiger partial charge < -0.3 is 5.32 Å². The molecule has 1 fully saturated rings. The maximum absolute atomic E-state index is 11.9. The first-order valence-corrected chi connectivity index (χ1v) is 7.88. The highest BCUT2D eigenvalue weighted by Crippen LogP contribution is 2.27. The lowest BCUT2D eigenvalue weighted by atomic mass is 9.86. The lowest BCUT2D eigenvalue weighted by Crippen LogP contribution is -2.24. The molecule has 0 atom stereocenters. The molecule has 0 spiro atoms. The highest BCUT2D eigenvalue weighted by Gasteiger charge is 2.15. The third kappa shape index (κ3) is 3.60. The van der Waals surface area contributed by atoms with Crippen molar-refractivity contribution in [2.75, 3.05) is 0 Å². The van der Waals surface area contributed by atoms with E-state index in [1.54, 1.807) is 0 Å². The average molecular weight is 286 g/mol. The summed E-state index contributed by atoms with van der Waals surface area (Å²) in [6.45, 7) is 0.439. The van der Waals surface area contributed by atoms with Crippen molar-refractivity contribution in [3.8, 4) is 0 Å². The van der Waals surface area contributed by atoms with E-state index in [1.165, 1.54) is 32.1 Å². The fourth-order valence-electron chi connectivity index (χ4n) is 3.09. The van der Waals surface area contributed by atoms with Crippen LogP contribution in [0.4, 0.5) is 0 Å². The van der Waals surface area contributed by atoms with Crippen molar-refractivity contribution < 1.29 is 4.79 Å². The van der Waals surface area contributed by atoms with Crippen LogP contribution < -0.4 is 5.32 Å². The van der Waals surface area contributed by atoms with Crippen molar-refractivity contribution in [2.45, 2.75) is 51.5 Å². The molecule has 112 valence electrons. The number of hydrogen-bond acceptors (Lipinski definition) is 3. The summed E-state index contributed by atoms with van der Waals surface area (Å²) in [6, 6.07) is 5.77. The Morgan fingerprint density at radius 2 is 2.10 bits per heavy atom. The molecule has 1 amide bonds. The number of rotatable bonds is 5. The Hall–Kier alpha value is -1.91. The van der Waals surface area contributed by atoms with Gasteiger partial charge in [-0.15, -0.1) is 10.2 Å². The van der Waals surface area contributed by atoms with E-state index >= 15 is 0 Å². The number of amides is 1. The highest BCUT2D eigenvalue weighted by molar-refractivity contribution is 5.75. The normalized spacial score (nSPS) is 16.2. The molecule has 0 radical (unpaired) electrons. The van der Waals surface area contributed by atoms with Crippen molar-refractivity contribution in [2.24, 2.45) is 5.92 Å². The molecule has 2 aromatic heterocycles. The van der Waals surface area contributed by atoms with Gasteiger partial charge in [0.1, 0.15) is 0 Å². The molecule has 0 saturated heterocycles. The van der Waals surface area contributed by atoms with Crippen molar-refractivity contribution in [3.63, 3.8) is 0 Å². The first-order valence-electron chi connectivity index (χ1n) is 7.88. The molecular weight excluding hydrogens is 264 g/mol. The molecule has 5 heteroatoms. The Bertz CT molecular complexity index is 601. The number of carbonyl (C=O) groups is 1. The van der Waals surface area contributed by atoms with Crippen molar-refractivity contribution in [1.82, 2.24) is 19.9 Å². The van der Waals surface area contributed by atoms with Crippen LogP contribution in [0.1, 0.15) is 50.8 Å². The van der Waals surface area contributed by atoms with E-state index in [4.69, 9.17) is 0 Å². The Labute approximate surface area is 124 Å². The molecule has 1 saturated carbocycles. The predicted octanol–water partition coefficient (Wildman–Crippen LogP) is 2.71. The van der Waals surface area contributed by atoms with E-state index in [2.05, 4.69) is 15.5 Å². The van der Waals surface area contributed by atoms with Gasteiger partial charge in [-0.25, -0.2) is 0 Å². The molecule has 1 N–H and O–H groups in total. The summed E-state index contributed by atoms with van der Waals surface area (Å²) in [5.41, 5.74) is 0.809. The number of fused-ring (bicyclic) bond motifs is 1. The third-order valence-electron chi connectivity index (χ3n) is 4.33. The zero-order chi connectivity index (χ0) is 14.5. The molecule has 21 heavy (non-hydrogen) atoms. The zero-order valence-corrected chi connectivity index (χ0v) is 12.3. The van der Waals surface area contributed by atoms with E-state index in [1.807, 2.05) is 28.8 Å². The van der Waals surface area contributed by atoms with Crippen LogP contribution in [0.25, 0.3) is 5.65 Å². The first kappa shape index (κ1) is 14.0. The van der Waals surface area contributed by atoms with Gasteiger partial charge in [0.2, 0.25) is 5.91 Å². The fraction of sp³-hybridized carbons (Fsp3) is 0.562. The van der Waals surface area contributed by atoms with E-state index < -0.39 is 0 Å². The van der Waals surface area contributed by atoms with Crippen LogP contribution in [-0.4, -0.2) is 20.5 Å². The third-order valence-corrected chi connectivity index (χ3v) is 4.33. The Morgan fingerprint density at radius 1 is 1.24 bits per heavy atom. The minimum absolute atomic E-state index is 0.119. The molecule has 0 bridgehead atoms. The van der Waals surface area contributed by atoms with Crippen LogP contribution in [0.15, 0.2) is 24.4 Å². The van der Waals surface area contributed by atoms with Gasteiger partial charge in [-0.2, -0.15) is 0 Å². The van der Waals surface area contributed by atoms with Gasteiger partial charge in [-0.1, -0.05) is 38.2 Å². The summed E-state index contributed by atoms with van der Waals surface area (Å²) >= 11 is 0. The van der Waals surface area contributed by atoms with Crippen LogP contribution in [0, 0.1) is 5.92 Å². The maximum atomic E-state index is 11.9. The molecule has 1 aliphatic rings. The van der Waals surface area contributed by atoms with Crippen LogP contribution in [0.5, 0.6) is 0 Å². The second-order valence-corrected chi connectivity index (χ2v) is 5.86. The van der Waals surface area contributed by atoms with Gasteiger partial charge in [0, 0.05) is 12.6 Å². The van der Waals surface area contributed by atoms with Crippen LogP contribution in [0.3, 0.4) is 0 Å². The van der Waals surface area contributed by atoms with E-state index in [-0.39, 0.29) is 5.91 Å². The summed E-state index contributed by atoms with van der Waals surface area (Å²) in [6.07, 6.45) is 10.2. The lowest BCUT2D eigenvalue weighted by Gasteiger charge is -2.20. The summed E-state index contributed by atoms with van der Waals surface area (Å²) in [5, 5.41) is 11.1. The number of nitrogens with one attached hydrogen (secondary N) is 1. The van der Waals surface area contributed by atoms with Crippen LogP contribution in [-0.2, 0) is 11.3 Å². The van der Waals surface area contributed by atoms with E-state index in [0.29, 0.717) is 13.0 Å². The van der Waals surface area contributed by atoms with Gasteiger partial charge in [-0.3, -0.25) is 9.20 Å². The first-order chi connectivity index (χ1) is 10.3. The summed E-state index contributed by atoms with van der Waals surface area (Å²) in [4.78, 5) is 11.9. The largest absolute Gasteiger partial charge is 0.349 e. The molecule has 0 aliphatic heterocycles. The van der Waals surface area contributed by atoms with Crippen molar-refractivity contribution in [3.05, 3.63) is 30.2 Å². The number of nitrogens with zero attached hydrogens (tertiary/aromatic N) is 3. The van der Waals surface area contributed by atoms with Gasteiger partial charge >= 0.3 is 0 Å². The highest BCUT2D eigenvalue weighted by atomic mass is 16.1. The maximum Gasteiger partial charge on any atom is 0.220 e. The molecule has 1 aliphatic carbocycles. The number of hydrogen-bond donors (Lipinski definition) is 1. The molecule has 2 heterocycles. The van der Waals surface area contributed by atoms with Crippen LogP contribution >= 0.6 is 0 Å². The summed E-state index contributed by atoms with van der Waals surface area (Å²) < 4.78 is 1.90. The number of pyridine rings is 1. The summed E-state index contributed by atoms with van der Waals surface area (Å²) in [5.74, 6) is 1.64. The second kappa shape index (κ2) is 6.70. The van der Waals surface area contributed by atoms with Gasteiger partial charge in [0.25, 0.3) is 0 Å². The van der Waals surface area contributed by atoms with Gasteiger partial charge in [-0.05, 0) is 24.5 Å². The van der Waals surface area contributed by atoms with Gasteiger partial charge in [0.15, 0.2) is 11.5 Å². The Kier molecular flexibility index (Phi) is 4.48. The Balaban J connectivity index is 1.47. The molecule has 0 unspecified atom stereocenters. The molecule has 2 aromatic rings. The Morgan fingerprint density at radius 3 is 2.95 bits per heavy atom. The predicted molar refractivity (Wildman–Crippen MR) is 80.6 cm³/mol. The van der Waals surface area contributed by atoms with Crippen molar-refractivity contribution in [1.29, 1.82) is 0 Å². The number of carbonyl (C=O) groups excluding carboxylic acids is 1.